The normalized spacial score (nSPS) is 23.8. The van der Waals surface area contributed by atoms with E-state index in [0.29, 0.717) is 12.4 Å². The second-order valence-electron chi connectivity index (χ2n) is 5.78. The molecule has 0 bridgehead atoms. The Morgan fingerprint density at radius 1 is 1.47 bits per heavy atom. The van der Waals surface area contributed by atoms with Crippen LogP contribution in [0.25, 0.3) is 0 Å². The zero-order valence-corrected chi connectivity index (χ0v) is 11.8. The summed E-state index contributed by atoms with van der Waals surface area (Å²) in [6.07, 6.45) is 3.30. The van der Waals surface area contributed by atoms with Gasteiger partial charge in [0.25, 0.3) is 0 Å². The maximum Gasteiger partial charge on any atom is 0.148 e. The Morgan fingerprint density at radius 3 is 2.79 bits per heavy atom. The van der Waals surface area contributed by atoms with Crippen LogP contribution in [0, 0.1) is 0 Å². The van der Waals surface area contributed by atoms with Gasteiger partial charge in [-0.25, -0.2) is 15.8 Å². The van der Waals surface area contributed by atoms with Crippen molar-refractivity contribution in [2.45, 2.75) is 45.1 Å². The number of aromatic nitrogens is 2. The maximum absolute atomic E-state index is 10.2. The molecular weight excluding hydrogens is 242 g/mol. The number of hydrazine groups is 1. The molecule has 19 heavy (non-hydrogen) atoms. The average Bonchev–Trinajstić information content (AvgIpc) is 2.36. The fraction of sp³-hybridized carbons (Fsp3) is 0.692. The van der Waals surface area contributed by atoms with Gasteiger partial charge in [-0.3, -0.25) is 0 Å². The Hall–Kier alpha value is -1.40. The third-order valence-corrected chi connectivity index (χ3v) is 3.55. The number of nitrogens with one attached hydrogen (secondary N) is 1. The highest BCUT2D eigenvalue weighted by molar-refractivity contribution is 5.60. The summed E-state index contributed by atoms with van der Waals surface area (Å²) in [4.78, 5) is 10.7. The monoisotopic (exact) mass is 265 g/mol. The fourth-order valence-electron chi connectivity index (χ4n) is 2.69. The highest BCUT2D eigenvalue weighted by Gasteiger charge is 2.31. The molecule has 4 N–H and O–H groups in total. The number of hydrogen-bond acceptors (Lipinski definition) is 6. The van der Waals surface area contributed by atoms with E-state index in [2.05, 4.69) is 34.1 Å². The standard InChI is InChI=1S/C13H23N5O/c1-9(2)10-11(17-14)15-8-16-12(10)18-6-4-5-13(3,19)7-18/h8-9,19H,4-7,14H2,1-3H3,(H,15,16,17). The third-order valence-electron chi connectivity index (χ3n) is 3.55. The minimum Gasteiger partial charge on any atom is -0.388 e. The van der Waals surface area contributed by atoms with Gasteiger partial charge in [-0.2, -0.15) is 0 Å². The first-order valence-electron chi connectivity index (χ1n) is 6.73. The number of nitrogens with two attached hydrogens (primary N) is 1. The van der Waals surface area contributed by atoms with Gasteiger partial charge < -0.3 is 15.4 Å². The molecular formula is C13H23N5O. The van der Waals surface area contributed by atoms with E-state index in [9.17, 15) is 5.11 Å². The molecule has 1 aliphatic rings. The van der Waals surface area contributed by atoms with Crippen molar-refractivity contribution in [3.63, 3.8) is 0 Å². The van der Waals surface area contributed by atoms with E-state index in [1.807, 2.05) is 6.92 Å². The Labute approximate surface area is 114 Å². The third kappa shape index (κ3) is 2.96. The van der Waals surface area contributed by atoms with Crippen LogP contribution in [0.1, 0.15) is 45.1 Å². The Bertz CT molecular complexity index is 447. The van der Waals surface area contributed by atoms with Crippen LogP contribution in [0.2, 0.25) is 0 Å². The van der Waals surface area contributed by atoms with E-state index in [1.165, 1.54) is 6.33 Å². The van der Waals surface area contributed by atoms with Crippen LogP contribution in [0.3, 0.4) is 0 Å². The van der Waals surface area contributed by atoms with Gasteiger partial charge in [0.2, 0.25) is 0 Å². The quantitative estimate of drug-likeness (QED) is 0.563. The minimum atomic E-state index is -0.659. The van der Waals surface area contributed by atoms with Crippen LogP contribution < -0.4 is 16.2 Å². The molecule has 0 saturated carbocycles. The SMILES string of the molecule is CC(C)c1c(NN)ncnc1N1CCCC(C)(O)C1. The van der Waals surface area contributed by atoms with Gasteiger partial charge in [-0.1, -0.05) is 13.8 Å². The van der Waals surface area contributed by atoms with Crippen molar-refractivity contribution in [2.75, 3.05) is 23.4 Å². The Balaban J connectivity index is 2.38. The van der Waals surface area contributed by atoms with E-state index in [4.69, 9.17) is 5.84 Å². The summed E-state index contributed by atoms with van der Waals surface area (Å²) in [5.41, 5.74) is 2.98. The van der Waals surface area contributed by atoms with Gasteiger partial charge in [-0.15, -0.1) is 0 Å². The van der Waals surface area contributed by atoms with Crippen molar-refractivity contribution in [3.05, 3.63) is 11.9 Å². The Morgan fingerprint density at radius 2 is 2.21 bits per heavy atom. The molecule has 1 aromatic heterocycles. The molecule has 0 amide bonds. The van der Waals surface area contributed by atoms with Crippen LogP contribution in [-0.2, 0) is 0 Å². The largest absolute Gasteiger partial charge is 0.388 e. The number of hydrogen-bond donors (Lipinski definition) is 3. The average molecular weight is 265 g/mol. The molecule has 0 aromatic carbocycles. The lowest BCUT2D eigenvalue weighted by molar-refractivity contribution is 0.0446. The number of aliphatic hydroxyl groups is 1. The molecule has 1 fully saturated rings. The van der Waals surface area contributed by atoms with Gasteiger partial charge in [0, 0.05) is 18.7 Å². The Kier molecular flexibility index (Phi) is 3.91. The maximum atomic E-state index is 10.2. The topological polar surface area (TPSA) is 87.3 Å². The van der Waals surface area contributed by atoms with Gasteiger partial charge in [0.05, 0.1) is 5.60 Å². The van der Waals surface area contributed by atoms with Crippen molar-refractivity contribution >= 4 is 11.6 Å². The lowest BCUT2D eigenvalue weighted by Crippen LogP contribution is -2.47. The van der Waals surface area contributed by atoms with Crippen molar-refractivity contribution in [1.82, 2.24) is 9.97 Å². The van der Waals surface area contributed by atoms with E-state index >= 15 is 0 Å². The molecule has 1 unspecified atom stereocenters. The molecule has 0 aliphatic carbocycles. The molecule has 6 nitrogen and oxygen atoms in total. The van der Waals surface area contributed by atoms with Gasteiger partial charge in [-0.05, 0) is 25.7 Å². The summed E-state index contributed by atoms with van der Waals surface area (Å²) in [7, 11) is 0. The van der Waals surface area contributed by atoms with E-state index < -0.39 is 5.60 Å². The second-order valence-corrected chi connectivity index (χ2v) is 5.78. The molecule has 1 saturated heterocycles. The zero-order valence-electron chi connectivity index (χ0n) is 11.8. The number of rotatable bonds is 3. The number of piperidine rings is 1. The van der Waals surface area contributed by atoms with E-state index in [1.54, 1.807) is 0 Å². The van der Waals surface area contributed by atoms with Crippen LogP contribution in [0.5, 0.6) is 0 Å². The van der Waals surface area contributed by atoms with Gasteiger partial charge in [0.1, 0.15) is 18.0 Å². The predicted molar refractivity (Wildman–Crippen MR) is 76.0 cm³/mol. The first-order chi connectivity index (χ1) is 8.94. The number of nitrogens with zero attached hydrogens (tertiary/aromatic N) is 3. The van der Waals surface area contributed by atoms with Gasteiger partial charge >= 0.3 is 0 Å². The lowest BCUT2D eigenvalue weighted by Gasteiger charge is -2.38. The summed E-state index contributed by atoms with van der Waals surface area (Å²) in [5.74, 6) is 7.32. The smallest absolute Gasteiger partial charge is 0.148 e. The molecule has 6 heteroatoms. The summed E-state index contributed by atoms with van der Waals surface area (Å²) in [5, 5.41) is 10.2. The van der Waals surface area contributed by atoms with Crippen LogP contribution in [-0.4, -0.2) is 33.8 Å². The van der Waals surface area contributed by atoms with E-state index in [-0.39, 0.29) is 5.92 Å². The summed E-state index contributed by atoms with van der Waals surface area (Å²) >= 11 is 0. The van der Waals surface area contributed by atoms with E-state index in [0.717, 1.165) is 30.8 Å². The molecule has 1 aromatic rings. The van der Waals surface area contributed by atoms with Crippen LogP contribution in [0.4, 0.5) is 11.6 Å². The molecule has 106 valence electrons. The molecule has 0 radical (unpaired) electrons. The van der Waals surface area contributed by atoms with Crippen LogP contribution >= 0.6 is 0 Å². The highest BCUT2D eigenvalue weighted by Crippen LogP contribution is 2.33. The first-order valence-corrected chi connectivity index (χ1v) is 6.73. The molecule has 2 rings (SSSR count). The lowest BCUT2D eigenvalue weighted by atomic mass is 9.94. The zero-order chi connectivity index (χ0) is 14.0. The van der Waals surface area contributed by atoms with Gasteiger partial charge in [0.15, 0.2) is 0 Å². The fourth-order valence-corrected chi connectivity index (χ4v) is 2.69. The first kappa shape index (κ1) is 14.0. The van der Waals surface area contributed by atoms with Crippen LogP contribution in [0.15, 0.2) is 6.33 Å². The van der Waals surface area contributed by atoms with Crippen molar-refractivity contribution < 1.29 is 5.11 Å². The number of nitrogen functional groups attached to an aromatic ring is 1. The minimum absolute atomic E-state index is 0.258. The van der Waals surface area contributed by atoms with Crippen molar-refractivity contribution in [2.24, 2.45) is 5.84 Å². The summed E-state index contributed by atoms with van der Waals surface area (Å²) in [6, 6.07) is 0. The molecule has 0 spiro atoms. The molecule has 2 heterocycles. The second kappa shape index (κ2) is 5.30. The number of anilines is 2. The predicted octanol–water partition coefficient (Wildman–Crippen LogP) is 1.24. The molecule has 1 aliphatic heterocycles. The highest BCUT2D eigenvalue weighted by atomic mass is 16.3. The number of β-amino-alcohol motifs (C(OH)–C–C–N with tert-alkyl or cyclic N) is 1. The van der Waals surface area contributed by atoms with Crippen molar-refractivity contribution in [1.29, 1.82) is 0 Å². The molecule has 1 atom stereocenters. The summed E-state index contributed by atoms with van der Waals surface area (Å²) < 4.78 is 0. The summed E-state index contributed by atoms with van der Waals surface area (Å²) in [6.45, 7) is 7.54. The van der Waals surface area contributed by atoms with Crippen molar-refractivity contribution in [3.8, 4) is 0 Å².